The molecule has 1 fully saturated rings. The van der Waals surface area contributed by atoms with Crippen molar-refractivity contribution in [3.8, 4) is 0 Å². The van der Waals surface area contributed by atoms with Gasteiger partial charge in [-0.1, -0.05) is 6.07 Å². The van der Waals surface area contributed by atoms with Crippen LogP contribution in [0.2, 0.25) is 0 Å². The molecule has 1 aromatic rings. The van der Waals surface area contributed by atoms with E-state index in [1.165, 1.54) is 12.1 Å². The van der Waals surface area contributed by atoms with Crippen molar-refractivity contribution in [3.05, 3.63) is 29.6 Å². The number of amides is 1. The Morgan fingerprint density at radius 3 is 3.00 bits per heavy atom. The Labute approximate surface area is 117 Å². The molecule has 2 aliphatic heterocycles. The Morgan fingerprint density at radius 2 is 2.20 bits per heavy atom. The lowest BCUT2D eigenvalue weighted by atomic mass is 10.1. The van der Waals surface area contributed by atoms with E-state index in [0.29, 0.717) is 12.2 Å². The summed E-state index contributed by atoms with van der Waals surface area (Å²) in [7, 11) is 0. The molecule has 3 rings (SSSR count). The average molecular weight is 278 g/mol. The summed E-state index contributed by atoms with van der Waals surface area (Å²) in [6, 6.07) is 4.63. The number of hydrogen-bond donors (Lipinski definition) is 1. The van der Waals surface area contributed by atoms with Gasteiger partial charge in [0.1, 0.15) is 12.4 Å². The van der Waals surface area contributed by atoms with Gasteiger partial charge in [-0.3, -0.25) is 4.79 Å². The van der Waals surface area contributed by atoms with Crippen molar-refractivity contribution in [2.75, 3.05) is 31.1 Å². The van der Waals surface area contributed by atoms with E-state index >= 15 is 0 Å². The summed E-state index contributed by atoms with van der Waals surface area (Å²) in [4.78, 5) is 13.9. The predicted octanol–water partition coefficient (Wildman–Crippen LogP) is 1.48. The fourth-order valence-corrected chi connectivity index (χ4v) is 2.84. The van der Waals surface area contributed by atoms with E-state index in [0.717, 1.165) is 37.9 Å². The van der Waals surface area contributed by atoms with Gasteiger partial charge in [0.2, 0.25) is 0 Å². The Kier molecular flexibility index (Phi) is 3.98. The summed E-state index contributed by atoms with van der Waals surface area (Å²) in [5.74, 6) is -0.379. The number of benzene rings is 1. The summed E-state index contributed by atoms with van der Waals surface area (Å²) >= 11 is 0. The Hall–Kier alpha value is -1.46. The fourth-order valence-electron chi connectivity index (χ4n) is 2.84. The van der Waals surface area contributed by atoms with Crippen LogP contribution in [0.4, 0.5) is 10.1 Å². The maximum Gasteiger partial charge on any atom is 0.253 e. The molecular weight excluding hydrogens is 259 g/mol. The normalized spacial score (nSPS) is 19.1. The van der Waals surface area contributed by atoms with Crippen molar-refractivity contribution in [2.45, 2.75) is 25.4 Å². The van der Waals surface area contributed by atoms with Crippen LogP contribution in [0.3, 0.4) is 0 Å². The largest absolute Gasteiger partial charge is 0.368 e. The third-order valence-corrected chi connectivity index (χ3v) is 3.97. The summed E-state index contributed by atoms with van der Waals surface area (Å²) < 4.78 is 19.0. The molecule has 20 heavy (non-hydrogen) atoms. The van der Waals surface area contributed by atoms with Crippen molar-refractivity contribution in [2.24, 2.45) is 0 Å². The van der Waals surface area contributed by atoms with E-state index in [4.69, 9.17) is 4.74 Å². The van der Waals surface area contributed by atoms with E-state index in [1.54, 1.807) is 11.0 Å². The topological polar surface area (TPSA) is 41.6 Å². The molecule has 0 radical (unpaired) electrons. The number of anilines is 1. The molecule has 0 saturated carbocycles. The van der Waals surface area contributed by atoms with Crippen LogP contribution < -0.4 is 10.2 Å². The molecule has 0 atom stereocenters. The lowest BCUT2D eigenvalue weighted by Crippen LogP contribution is -2.37. The van der Waals surface area contributed by atoms with Crippen LogP contribution in [0.25, 0.3) is 0 Å². The monoisotopic (exact) mass is 278 g/mol. The van der Waals surface area contributed by atoms with Gasteiger partial charge in [0.15, 0.2) is 0 Å². The van der Waals surface area contributed by atoms with Gasteiger partial charge in [0.05, 0.1) is 6.10 Å². The molecule has 0 aromatic heterocycles. The molecule has 5 heteroatoms. The number of nitrogens with zero attached hydrogens (tertiary/aromatic N) is 1. The van der Waals surface area contributed by atoms with E-state index in [2.05, 4.69) is 5.32 Å². The van der Waals surface area contributed by atoms with Gasteiger partial charge in [0.25, 0.3) is 5.91 Å². The van der Waals surface area contributed by atoms with Gasteiger partial charge in [-0.2, -0.15) is 0 Å². The number of fused-ring (bicyclic) bond motifs is 1. The molecule has 1 aromatic carbocycles. The zero-order valence-corrected chi connectivity index (χ0v) is 11.4. The molecule has 4 nitrogen and oxygen atoms in total. The highest BCUT2D eigenvalue weighted by Gasteiger charge is 2.26. The van der Waals surface area contributed by atoms with E-state index in [1.807, 2.05) is 0 Å². The third kappa shape index (κ3) is 2.83. The first-order chi connectivity index (χ1) is 9.74. The van der Waals surface area contributed by atoms with Crippen LogP contribution >= 0.6 is 0 Å². The molecular formula is C15H19FN2O2. The smallest absolute Gasteiger partial charge is 0.253 e. The quantitative estimate of drug-likeness (QED) is 0.910. The van der Waals surface area contributed by atoms with Crippen molar-refractivity contribution in [3.63, 3.8) is 0 Å². The van der Waals surface area contributed by atoms with Gasteiger partial charge in [-0.15, -0.1) is 0 Å². The molecule has 0 unspecified atom stereocenters. The Balaban J connectivity index is 1.60. The second-order valence-electron chi connectivity index (χ2n) is 5.33. The van der Waals surface area contributed by atoms with Crippen LogP contribution in [0.15, 0.2) is 18.2 Å². The highest BCUT2D eigenvalue weighted by atomic mass is 19.1. The highest BCUT2D eigenvalue weighted by Crippen LogP contribution is 2.28. The summed E-state index contributed by atoms with van der Waals surface area (Å²) in [6.45, 7) is 2.58. The van der Waals surface area contributed by atoms with Gasteiger partial charge in [0, 0.05) is 12.2 Å². The number of hydrogen-bond acceptors (Lipinski definition) is 3. The first-order valence-electron chi connectivity index (χ1n) is 7.15. The van der Waals surface area contributed by atoms with Gasteiger partial charge in [-0.25, -0.2) is 4.39 Å². The minimum atomic E-state index is -0.303. The Bertz CT molecular complexity index is 501. The second kappa shape index (κ2) is 5.89. The van der Waals surface area contributed by atoms with Crippen molar-refractivity contribution in [1.82, 2.24) is 5.32 Å². The molecule has 2 heterocycles. The number of nitrogens with one attached hydrogen (secondary N) is 1. The number of ether oxygens (including phenoxy) is 1. The third-order valence-electron chi connectivity index (χ3n) is 3.97. The van der Waals surface area contributed by atoms with E-state index < -0.39 is 0 Å². The number of piperidine rings is 1. The van der Waals surface area contributed by atoms with Crippen molar-refractivity contribution < 1.29 is 13.9 Å². The lowest BCUT2D eigenvalue weighted by molar-refractivity contribution is -0.125. The molecule has 0 spiro atoms. The van der Waals surface area contributed by atoms with Crippen LogP contribution in [0.5, 0.6) is 0 Å². The van der Waals surface area contributed by atoms with Crippen LogP contribution in [-0.2, 0) is 16.0 Å². The summed E-state index contributed by atoms with van der Waals surface area (Å²) in [6.07, 6.45) is 2.83. The van der Waals surface area contributed by atoms with Crippen LogP contribution in [-0.4, -0.2) is 38.3 Å². The lowest BCUT2D eigenvalue weighted by Gasteiger charge is -2.24. The van der Waals surface area contributed by atoms with Gasteiger partial charge in [-0.05, 0) is 50.0 Å². The molecule has 1 N–H and O–H groups in total. The van der Waals surface area contributed by atoms with Crippen molar-refractivity contribution >= 4 is 11.6 Å². The average Bonchev–Trinajstić information content (AvgIpc) is 2.89. The van der Waals surface area contributed by atoms with Gasteiger partial charge < -0.3 is 15.0 Å². The Morgan fingerprint density at radius 1 is 1.40 bits per heavy atom. The van der Waals surface area contributed by atoms with Gasteiger partial charge >= 0.3 is 0 Å². The predicted molar refractivity (Wildman–Crippen MR) is 74.3 cm³/mol. The fraction of sp³-hybridized carbons (Fsp3) is 0.533. The minimum Gasteiger partial charge on any atom is -0.368 e. The second-order valence-corrected chi connectivity index (χ2v) is 5.33. The highest BCUT2D eigenvalue weighted by molar-refractivity contribution is 5.96. The maximum absolute atomic E-state index is 13.3. The van der Waals surface area contributed by atoms with Crippen LogP contribution in [0, 0.1) is 5.82 Å². The first-order valence-corrected chi connectivity index (χ1v) is 7.15. The van der Waals surface area contributed by atoms with E-state index in [9.17, 15) is 9.18 Å². The number of carbonyl (C=O) groups excluding carboxylic acids is 1. The zero-order chi connectivity index (χ0) is 13.9. The number of halogens is 1. The minimum absolute atomic E-state index is 0.0760. The molecule has 1 amide bonds. The summed E-state index contributed by atoms with van der Waals surface area (Å²) in [5.41, 5.74) is 1.73. The standard InChI is InChI=1S/C15H19FN2O2/c16-12-2-1-11-5-8-18(14(11)9-12)15(19)10-20-13-3-6-17-7-4-13/h1-2,9,13,17H,3-8,10H2. The molecule has 0 aliphatic carbocycles. The van der Waals surface area contributed by atoms with Crippen LogP contribution in [0.1, 0.15) is 18.4 Å². The van der Waals surface area contributed by atoms with E-state index in [-0.39, 0.29) is 24.4 Å². The molecule has 108 valence electrons. The first kappa shape index (κ1) is 13.5. The summed E-state index contributed by atoms with van der Waals surface area (Å²) in [5, 5.41) is 3.26. The zero-order valence-electron chi connectivity index (χ0n) is 11.4. The number of carbonyl (C=O) groups is 1. The number of rotatable bonds is 3. The molecule has 0 bridgehead atoms. The molecule has 1 saturated heterocycles. The maximum atomic E-state index is 13.3. The van der Waals surface area contributed by atoms with Crippen molar-refractivity contribution in [1.29, 1.82) is 0 Å². The SMILES string of the molecule is O=C(COC1CCNCC1)N1CCc2ccc(F)cc21. The molecule has 2 aliphatic rings.